The molecule has 3 rings (SSSR count). The number of aromatic nitrogens is 1. The molecule has 0 aliphatic carbocycles. The number of ether oxygens (including phenoxy) is 1. The molecule has 1 aliphatic rings. The van der Waals surface area contributed by atoms with E-state index in [9.17, 15) is 0 Å². The zero-order valence-corrected chi connectivity index (χ0v) is 12.4. The maximum Gasteiger partial charge on any atom is 0.183 e. The normalized spacial score (nSPS) is 19.5. The molecule has 3 nitrogen and oxygen atoms in total. The van der Waals surface area contributed by atoms with Crippen LogP contribution in [0.1, 0.15) is 12.8 Å². The van der Waals surface area contributed by atoms with Crippen LogP contribution in [-0.4, -0.2) is 24.7 Å². The number of anilines is 1. The summed E-state index contributed by atoms with van der Waals surface area (Å²) in [7, 11) is 0. The molecule has 1 saturated heterocycles. The smallest absolute Gasteiger partial charge is 0.183 e. The molecule has 0 radical (unpaired) electrons. The lowest BCUT2D eigenvalue weighted by Gasteiger charge is -2.06. The van der Waals surface area contributed by atoms with Gasteiger partial charge in [-0.2, -0.15) is 0 Å². The lowest BCUT2D eigenvalue weighted by atomic mass is 10.1. The van der Waals surface area contributed by atoms with Gasteiger partial charge in [0.05, 0.1) is 10.2 Å². The first-order chi connectivity index (χ1) is 8.81. The van der Waals surface area contributed by atoms with Crippen molar-refractivity contribution >= 4 is 42.6 Å². The highest BCUT2D eigenvalue weighted by Crippen LogP contribution is 2.28. The van der Waals surface area contributed by atoms with Crippen LogP contribution in [0.5, 0.6) is 0 Å². The number of halogens is 1. The van der Waals surface area contributed by atoms with Gasteiger partial charge in [0, 0.05) is 24.2 Å². The Bertz CT molecular complexity index is 537. The average Bonchev–Trinajstić information content (AvgIpc) is 2.97. The highest BCUT2D eigenvalue weighted by Gasteiger charge is 2.15. The van der Waals surface area contributed by atoms with Crippen molar-refractivity contribution in [3.05, 3.63) is 22.7 Å². The lowest BCUT2D eigenvalue weighted by Crippen LogP contribution is -2.08. The minimum atomic E-state index is 0.723. The second-order valence-corrected chi connectivity index (χ2v) is 6.52. The third kappa shape index (κ3) is 2.84. The summed E-state index contributed by atoms with van der Waals surface area (Å²) in [6, 6.07) is 6.19. The van der Waals surface area contributed by atoms with Crippen LogP contribution in [0.4, 0.5) is 5.13 Å². The van der Waals surface area contributed by atoms with Crippen molar-refractivity contribution < 1.29 is 4.74 Å². The van der Waals surface area contributed by atoms with Crippen LogP contribution in [0.3, 0.4) is 0 Å². The SMILES string of the molecule is Brc1ccc2nc(NCCC3CCOC3)sc2c1. The highest BCUT2D eigenvalue weighted by molar-refractivity contribution is 9.10. The van der Waals surface area contributed by atoms with E-state index in [1.54, 1.807) is 11.3 Å². The van der Waals surface area contributed by atoms with Gasteiger partial charge < -0.3 is 10.1 Å². The molecule has 1 aromatic heterocycles. The molecule has 1 fully saturated rings. The lowest BCUT2D eigenvalue weighted by molar-refractivity contribution is 0.185. The molecule has 2 heterocycles. The van der Waals surface area contributed by atoms with Crippen LogP contribution in [-0.2, 0) is 4.74 Å². The molecule has 0 saturated carbocycles. The fourth-order valence-electron chi connectivity index (χ4n) is 2.17. The Kier molecular flexibility index (Phi) is 3.82. The third-order valence-corrected chi connectivity index (χ3v) is 4.67. The summed E-state index contributed by atoms with van der Waals surface area (Å²) in [6.45, 7) is 2.84. The summed E-state index contributed by atoms with van der Waals surface area (Å²) in [5.41, 5.74) is 1.06. The van der Waals surface area contributed by atoms with Crippen LogP contribution < -0.4 is 5.32 Å². The van der Waals surface area contributed by atoms with E-state index in [1.807, 2.05) is 12.1 Å². The summed E-state index contributed by atoms with van der Waals surface area (Å²) < 4.78 is 7.70. The van der Waals surface area contributed by atoms with Crippen molar-refractivity contribution in [3.63, 3.8) is 0 Å². The van der Waals surface area contributed by atoms with E-state index in [1.165, 1.54) is 17.5 Å². The van der Waals surface area contributed by atoms with Crippen molar-refractivity contribution in [2.75, 3.05) is 25.1 Å². The van der Waals surface area contributed by atoms with Crippen molar-refractivity contribution in [3.8, 4) is 0 Å². The Hall–Kier alpha value is -0.650. The molecule has 96 valence electrons. The minimum Gasteiger partial charge on any atom is -0.381 e. The number of benzene rings is 1. The van der Waals surface area contributed by atoms with E-state index < -0.39 is 0 Å². The van der Waals surface area contributed by atoms with Crippen molar-refractivity contribution in [1.29, 1.82) is 0 Å². The Morgan fingerprint density at radius 3 is 3.28 bits per heavy atom. The van der Waals surface area contributed by atoms with Crippen LogP contribution in [0.2, 0.25) is 0 Å². The topological polar surface area (TPSA) is 34.2 Å². The average molecular weight is 327 g/mol. The van der Waals surface area contributed by atoms with E-state index in [2.05, 4.69) is 32.3 Å². The summed E-state index contributed by atoms with van der Waals surface area (Å²) in [5.74, 6) is 0.723. The number of nitrogens with zero attached hydrogens (tertiary/aromatic N) is 1. The maximum absolute atomic E-state index is 5.38. The van der Waals surface area contributed by atoms with Crippen molar-refractivity contribution in [2.45, 2.75) is 12.8 Å². The molecule has 0 spiro atoms. The van der Waals surface area contributed by atoms with Gasteiger partial charge in [-0.25, -0.2) is 4.98 Å². The van der Waals surface area contributed by atoms with Gasteiger partial charge in [-0.15, -0.1) is 0 Å². The second-order valence-electron chi connectivity index (χ2n) is 4.58. The molecular weight excluding hydrogens is 312 g/mol. The minimum absolute atomic E-state index is 0.723. The Morgan fingerprint density at radius 2 is 2.44 bits per heavy atom. The number of rotatable bonds is 4. The molecule has 1 N–H and O–H groups in total. The van der Waals surface area contributed by atoms with Crippen LogP contribution in [0.25, 0.3) is 10.2 Å². The van der Waals surface area contributed by atoms with Gasteiger partial charge in [0.2, 0.25) is 0 Å². The van der Waals surface area contributed by atoms with E-state index in [0.717, 1.165) is 40.8 Å². The van der Waals surface area contributed by atoms with E-state index >= 15 is 0 Å². The van der Waals surface area contributed by atoms with Gasteiger partial charge in [0.25, 0.3) is 0 Å². The van der Waals surface area contributed by atoms with Gasteiger partial charge in [0.1, 0.15) is 0 Å². The van der Waals surface area contributed by atoms with Gasteiger partial charge in [0.15, 0.2) is 5.13 Å². The highest BCUT2D eigenvalue weighted by atomic mass is 79.9. The summed E-state index contributed by atoms with van der Waals surface area (Å²) in [6.07, 6.45) is 2.37. The fourth-order valence-corrected chi connectivity index (χ4v) is 3.61. The number of hydrogen-bond acceptors (Lipinski definition) is 4. The first-order valence-electron chi connectivity index (χ1n) is 6.19. The third-order valence-electron chi connectivity index (χ3n) is 3.20. The van der Waals surface area contributed by atoms with Gasteiger partial charge in [-0.3, -0.25) is 0 Å². The van der Waals surface area contributed by atoms with Gasteiger partial charge in [-0.05, 0) is 37.0 Å². The molecule has 1 unspecified atom stereocenters. The Balaban J connectivity index is 1.60. The zero-order chi connectivity index (χ0) is 12.4. The standard InChI is InChI=1S/C13H15BrN2OS/c14-10-1-2-11-12(7-10)18-13(16-11)15-5-3-9-4-6-17-8-9/h1-2,7,9H,3-6,8H2,(H,15,16). The molecular formula is C13H15BrN2OS. The first kappa shape index (κ1) is 12.4. The quantitative estimate of drug-likeness (QED) is 0.925. The first-order valence-corrected chi connectivity index (χ1v) is 7.80. The molecule has 5 heteroatoms. The van der Waals surface area contributed by atoms with Gasteiger partial charge in [-0.1, -0.05) is 27.3 Å². The summed E-state index contributed by atoms with van der Waals surface area (Å²) >= 11 is 5.19. The number of nitrogens with one attached hydrogen (secondary N) is 1. The largest absolute Gasteiger partial charge is 0.381 e. The summed E-state index contributed by atoms with van der Waals surface area (Å²) in [5, 5.41) is 4.43. The monoisotopic (exact) mass is 326 g/mol. The zero-order valence-electron chi connectivity index (χ0n) is 9.99. The predicted octanol–water partition coefficient (Wildman–Crippen LogP) is 3.90. The number of thiazole rings is 1. The van der Waals surface area contributed by atoms with Crippen molar-refractivity contribution in [1.82, 2.24) is 4.98 Å². The van der Waals surface area contributed by atoms with E-state index in [-0.39, 0.29) is 0 Å². The van der Waals surface area contributed by atoms with Crippen molar-refractivity contribution in [2.24, 2.45) is 5.92 Å². The molecule has 1 atom stereocenters. The van der Waals surface area contributed by atoms with Crippen LogP contribution in [0, 0.1) is 5.92 Å². The van der Waals surface area contributed by atoms with E-state index in [0.29, 0.717) is 0 Å². The fraction of sp³-hybridized carbons (Fsp3) is 0.462. The Labute approximate surface area is 119 Å². The van der Waals surface area contributed by atoms with E-state index in [4.69, 9.17) is 4.74 Å². The molecule has 1 aliphatic heterocycles. The van der Waals surface area contributed by atoms with Crippen LogP contribution >= 0.6 is 27.3 Å². The molecule has 0 bridgehead atoms. The number of hydrogen-bond donors (Lipinski definition) is 1. The van der Waals surface area contributed by atoms with Crippen LogP contribution in [0.15, 0.2) is 22.7 Å². The molecule has 0 amide bonds. The van der Waals surface area contributed by atoms with Gasteiger partial charge >= 0.3 is 0 Å². The Morgan fingerprint density at radius 1 is 1.50 bits per heavy atom. The molecule has 18 heavy (non-hydrogen) atoms. The maximum atomic E-state index is 5.38. The predicted molar refractivity (Wildman–Crippen MR) is 79.4 cm³/mol. The summed E-state index contributed by atoms with van der Waals surface area (Å²) in [4.78, 5) is 4.57. The molecule has 2 aromatic rings. The molecule has 1 aromatic carbocycles. The number of fused-ring (bicyclic) bond motifs is 1. The second kappa shape index (κ2) is 5.55.